The number of nitriles is 1. The summed E-state index contributed by atoms with van der Waals surface area (Å²) in [6, 6.07) is 11.2. The van der Waals surface area contributed by atoms with E-state index >= 15 is 0 Å². The van der Waals surface area contributed by atoms with Crippen molar-refractivity contribution in [2.45, 2.75) is 26.8 Å². The van der Waals surface area contributed by atoms with Crippen LogP contribution in [0, 0.1) is 18.3 Å². The second-order valence-corrected chi connectivity index (χ2v) is 6.60. The van der Waals surface area contributed by atoms with Gasteiger partial charge in [0.05, 0.1) is 0 Å². The summed E-state index contributed by atoms with van der Waals surface area (Å²) in [5.41, 5.74) is 2.41. The third-order valence-corrected chi connectivity index (χ3v) is 4.60. The van der Waals surface area contributed by atoms with Crippen molar-refractivity contribution in [1.29, 1.82) is 5.26 Å². The molecule has 1 N–H and O–H groups in total. The van der Waals surface area contributed by atoms with Gasteiger partial charge in [-0.25, -0.2) is 4.98 Å². The number of imidazole rings is 1. The van der Waals surface area contributed by atoms with Gasteiger partial charge >= 0.3 is 0 Å². The summed E-state index contributed by atoms with van der Waals surface area (Å²) in [6.07, 6.45) is 4.44. The van der Waals surface area contributed by atoms with Crippen LogP contribution in [0.4, 0.5) is 0 Å². The van der Waals surface area contributed by atoms with Crippen LogP contribution in [-0.2, 0) is 13.0 Å². The maximum atomic E-state index is 12.1. The number of aromatic nitrogens is 5. The fourth-order valence-corrected chi connectivity index (χ4v) is 3.23. The van der Waals surface area contributed by atoms with E-state index in [2.05, 4.69) is 20.1 Å². The molecular weight excluding hydrogens is 368 g/mol. The molecule has 0 aliphatic carbocycles. The summed E-state index contributed by atoms with van der Waals surface area (Å²) in [5.74, 6) is 1.86. The Hall–Kier alpha value is -3.99. The third kappa shape index (κ3) is 3.58. The van der Waals surface area contributed by atoms with E-state index in [1.807, 2.05) is 48.0 Å². The highest BCUT2D eigenvalue weighted by molar-refractivity contribution is 5.74. The number of hydrogen-bond acceptors (Lipinski definition) is 6. The number of benzene rings is 1. The first kappa shape index (κ1) is 18.4. The van der Waals surface area contributed by atoms with Gasteiger partial charge in [0.25, 0.3) is 5.56 Å². The summed E-state index contributed by atoms with van der Waals surface area (Å²) in [5, 5.41) is 13.5. The number of aryl methyl sites for hydroxylation is 2. The lowest BCUT2D eigenvalue weighted by Crippen LogP contribution is -2.12. The zero-order valence-corrected chi connectivity index (χ0v) is 16.0. The van der Waals surface area contributed by atoms with E-state index in [1.54, 1.807) is 19.2 Å². The van der Waals surface area contributed by atoms with E-state index in [0.29, 0.717) is 29.5 Å². The van der Waals surface area contributed by atoms with Crippen molar-refractivity contribution in [3.63, 3.8) is 0 Å². The number of hydrogen-bond donors (Lipinski definition) is 1. The normalized spacial score (nSPS) is 10.8. The van der Waals surface area contributed by atoms with Crippen LogP contribution in [0.1, 0.15) is 29.9 Å². The summed E-state index contributed by atoms with van der Waals surface area (Å²) in [7, 11) is 0. The summed E-state index contributed by atoms with van der Waals surface area (Å²) in [6.45, 7) is 4.26. The Morgan fingerprint density at radius 2 is 2.10 bits per heavy atom. The van der Waals surface area contributed by atoms with Crippen molar-refractivity contribution in [2.24, 2.45) is 0 Å². The smallest absolute Gasteiger partial charge is 0.266 e. The molecule has 0 bridgehead atoms. The van der Waals surface area contributed by atoms with E-state index in [0.717, 1.165) is 23.4 Å². The second-order valence-electron chi connectivity index (χ2n) is 6.60. The van der Waals surface area contributed by atoms with Gasteiger partial charge in [-0.3, -0.25) is 4.79 Å². The predicted molar refractivity (Wildman–Crippen MR) is 106 cm³/mol. The van der Waals surface area contributed by atoms with Crippen LogP contribution in [-0.4, -0.2) is 24.7 Å². The molecule has 1 aromatic carbocycles. The molecule has 0 fully saturated rings. The van der Waals surface area contributed by atoms with Crippen LogP contribution in [0.5, 0.6) is 0 Å². The van der Waals surface area contributed by atoms with Crippen LogP contribution >= 0.6 is 0 Å². The second kappa shape index (κ2) is 7.56. The molecule has 4 aromatic rings. The standard InChI is InChI=1S/C21H18N6O2/c1-3-18-23-7-8-27(18)12-19-25-20(26-29-19)15-6-4-5-14(10-15)16-9-13(2)24-21(28)17(16)11-22/h4-10H,3,12H2,1-2H3,(H,24,28). The van der Waals surface area contributed by atoms with Crippen molar-refractivity contribution in [3.8, 4) is 28.6 Å². The Balaban J connectivity index is 1.68. The average Bonchev–Trinajstić information content (AvgIpc) is 3.37. The van der Waals surface area contributed by atoms with Crippen molar-refractivity contribution in [1.82, 2.24) is 24.7 Å². The lowest BCUT2D eigenvalue weighted by molar-refractivity contribution is 0.370. The molecular formula is C21H18N6O2. The fraction of sp³-hybridized carbons (Fsp3) is 0.190. The molecule has 0 aliphatic heterocycles. The monoisotopic (exact) mass is 386 g/mol. The number of rotatable bonds is 5. The Morgan fingerprint density at radius 3 is 2.90 bits per heavy atom. The van der Waals surface area contributed by atoms with Crippen LogP contribution in [0.3, 0.4) is 0 Å². The van der Waals surface area contributed by atoms with Crippen LogP contribution in [0.15, 0.2) is 52.0 Å². The number of pyridine rings is 1. The Kier molecular flexibility index (Phi) is 4.79. The molecule has 8 nitrogen and oxygen atoms in total. The van der Waals surface area contributed by atoms with Crippen LogP contribution in [0.2, 0.25) is 0 Å². The van der Waals surface area contributed by atoms with Crippen molar-refractivity contribution in [3.05, 3.63) is 76.1 Å². The van der Waals surface area contributed by atoms with E-state index in [-0.39, 0.29) is 5.56 Å². The first-order valence-corrected chi connectivity index (χ1v) is 9.16. The summed E-state index contributed by atoms with van der Waals surface area (Å²) < 4.78 is 7.37. The first-order chi connectivity index (χ1) is 14.1. The highest BCUT2D eigenvalue weighted by Gasteiger charge is 2.14. The molecule has 0 amide bonds. The highest BCUT2D eigenvalue weighted by atomic mass is 16.5. The van der Waals surface area contributed by atoms with Gasteiger partial charge in [0.15, 0.2) is 0 Å². The molecule has 4 rings (SSSR count). The topological polar surface area (TPSA) is 113 Å². The molecule has 0 saturated heterocycles. The molecule has 3 aromatic heterocycles. The number of nitrogens with one attached hydrogen (secondary N) is 1. The predicted octanol–water partition coefficient (Wildman–Crippen LogP) is 3.08. The minimum Gasteiger partial charge on any atom is -0.337 e. The van der Waals surface area contributed by atoms with E-state index in [4.69, 9.17) is 4.52 Å². The van der Waals surface area contributed by atoms with E-state index in [1.165, 1.54) is 0 Å². The van der Waals surface area contributed by atoms with Gasteiger partial charge in [-0.2, -0.15) is 10.2 Å². The maximum absolute atomic E-state index is 12.1. The van der Waals surface area contributed by atoms with Gasteiger partial charge in [0.2, 0.25) is 11.7 Å². The minimum atomic E-state index is -0.401. The molecule has 0 radical (unpaired) electrons. The SMILES string of the molecule is CCc1nccn1Cc1nc(-c2cccc(-c3cc(C)[nH]c(=O)c3C#N)c2)no1. The van der Waals surface area contributed by atoms with E-state index in [9.17, 15) is 10.1 Å². The molecule has 144 valence electrons. The lowest BCUT2D eigenvalue weighted by atomic mass is 9.99. The zero-order valence-electron chi connectivity index (χ0n) is 16.0. The van der Waals surface area contributed by atoms with Gasteiger partial charge in [-0.05, 0) is 24.6 Å². The molecule has 0 unspecified atom stereocenters. The minimum absolute atomic E-state index is 0.0775. The zero-order chi connectivity index (χ0) is 20.4. The van der Waals surface area contributed by atoms with Crippen molar-refractivity contribution < 1.29 is 4.52 Å². The quantitative estimate of drug-likeness (QED) is 0.564. The van der Waals surface area contributed by atoms with E-state index < -0.39 is 5.56 Å². The highest BCUT2D eigenvalue weighted by Crippen LogP contribution is 2.26. The molecule has 0 atom stereocenters. The van der Waals surface area contributed by atoms with Crippen LogP contribution < -0.4 is 5.56 Å². The summed E-state index contributed by atoms with van der Waals surface area (Å²) >= 11 is 0. The molecule has 8 heteroatoms. The molecule has 0 aliphatic rings. The van der Waals surface area contributed by atoms with Gasteiger partial charge in [-0.1, -0.05) is 30.3 Å². The van der Waals surface area contributed by atoms with Gasteiger partial charge < -0.3 is 14.1 Å². The largest absolute Gasteiger partial charge is 0.337 e. The van der Waals surface area contributed by atoms with Gasteiger partial charge in [-0.15, -0.1) is 0 Å². The Labute approximate surface area is 166 Å². The number of nitrogens with zero attached hydrogens (tertiary/aromatic N) is 5. The Morgan fingerprint density at radius 1 is 1.28 bits per heavy atom. The Bertz CT molecular complexity index is 1270. The maximum Gasteiger partial charge on any atom is 0.266 e. The molecule has 0 spiro atoms. The van der Waals surface area contributed by atoms with Gasteiger partial charge in [0, 0.05) is 35.6 Å². The van der Waals surface area contributed by atoms with Crippen molar-refractivity contribution >= 4 is 0 Å². The molecule has 3 heterocycles. The van der Waals surface area contributed by atoms with Crippen LogP contribution in [0.25, 0.3) is 22.5 Å². The third-order valence-electron chi connectivity index (χ3n) is 4.60. The summed E-state index contributed by atoms with van der Waals surface area (Å²) in [4.78, 5) is 23.5. The molecule has 0 saturated carbocycles. The fourth-order valence-electron chi connectivity index (χ4n) is 3.23. The number of H-pyrrole nitrogens is 1. The number of aromatic amines is 1. The van der Waals surface area contributed by atoms with Gasteiger partial charge in [0.1, 0.15) is 24.0 Å². The average molecular weight is 386 g/mol. The molecule has 29 heavy (non-hydrogen) atoms. The lowest BCUT2D eigenvalue weighted by Gasteiger charge is -2.06. The van der Waals surface area contributed by atoms with Crippen molar-refractivity contribution in [2.75, 3.05) is 0 Å². The first-order valence-electron chi connectivity index (χ1n) is 9.16.